The molecule has 0 unspecified atom stereocenters. The van der Waals surface area contributed by atoms with E-state index in [4.69, 9.17) is 4.42 Å². The van der Waals surface area contributed by atoms with Crippen LogP contribution in [-0.4, -0.2) is 36.0 Å². The Morgan fingerprint density at radius 3 is 2.56 bits per heavy atom. The zero-order chi connectivity index (χ0) is 13.6. The highest BCUT2D eigenvalue weighted by Crippen LogP contribution is 2.20. The minimum atomic E-state index is -4.29. The number of halogens is 3. The number of hydrogen-bond donors (Lipinski definition) is 1. The van der Waals surface area contributed by atoms with Crippen molar-refractivity contribution < 1.29 is 17.6 Å². The number of anilines is 1. The second-order valence-corrected chi connectivity index (χ2v) is 3.78. The van der Waals surface area contributed by atoms with Crippen molar-refractivity contribution in [3.63, 3.8) is 0 Å². The van der Waals surface area contributed by atoms with Crippen LogP contribution in [0.15, 0.2) is 4.42 Å². The quantitative estimate of drug-likeness (QED) is 0.764. The summed E-state index contributed by atoms with van der Waals surface area (Å²) in [6.07, 6.45) is -3.33. The van der Waals surface area contributed by atoms with Gasteiger partial charge in [0, 0.05) is 6.54 Å². The molecule has 0 radical (unpaired) electrons. The number of nitrogens with zero attached hydrogens (tertiary/aromatic N) is 3. The van der Waals surface area contributed by atoms with E-state index in [0.717, 1.165) is 17.9 Å². The number of nitrogens with one attached hydrogen (secondary N) is 1. The van der Waals surface area contributed by atoms with E-state index >= 15 is 0 Å². The van der Waals surface area contributed by atoms with Crippen LogP contribution in [0.25, 0.3) is 0 Å². The minimum Gasteiger partial charge on any atom is -0.407 e. The lowest BCUT2D eigenvalue weighted by molar-refractivity contribution is -0.120. The van der Waals surface area contributed by atoms with Crippen molar-refractivity contribution in [1.29, 1.82) is 0 Å². The number of rotatable bonds is 7. The van der Waals surface area contributed by atoms with Crippen LogP contribution in [0, 0.1) is 0 Å². The lowest BCUT2D eigenvalue weighted by Crippen LogP contribution is -2.34. The summed E-state index contributed by atoms with van der Waals surface area (Å²) < 4.78 is 42.0. The van der Waals surface area contributed by atoms with E-state index in [1.54, 1.807) is 6.92 Å². The molecule has 1 rings (SSSR count). The first-order valence-electron chi connectivity index (χ1n) is 5.81. The van der Waals surface area contributed by atoms with Gasteiger partial charge in [0.25, 0.3) is 0 Å². The van der Waals surface area contributed by atoms with E-state index in [2.05, 4.69) is 15.5 Å². The summed E-state index contributed by atoms with van der Waals surface area (Å²) in [5.41, 5.74) is 0. The largest absolute Gasteiger partial charge is 0.407 e. The van der Waals surface area contributed by atoms with Crippen LogP contribution in [0.1, 0.15) is 26.2 Å². The zero-order valence-corrected chi connectivity index (χ0v) is 10.4. The van der Waals surface area contributed by atoms with Crippen molar-refractivity contribution in [3.8, 4) is 0 Å². The standard InChI is InChI=1S/C10H17F3N4O/c1-3-5-14-6-8-15-16-9(18-8)17(4-2)7-10(11,12)13/h14H,3-7H2,1-2H3. The molecule has 0 saturated carbocycles. The molecule has 104 valence electrons. The maximum absolute atomic E-state index is 12.3. The summed E-state index contributed by atoms with van der Waals surface area (Å²) in [5.74, 6) is 0.291. The Labute approximate surface area is 103 Å². The van der Waals surface area contributed by atoms with Crippen LogP contribution in [0.2, 0.25) is 0 Å². The normalized spacial score (nSPS) is 11.8. The van der Waals surface area contributed by atoms with Gasteiger partial charge >= 0.3 is 12.2 Å². The molecule has 0 fully saturated rings. The second-order valence-electron chi connectivity index (χ2n) is 3.78. The molecule has 1 heterocycles. The second kappa shape index (κ2) is 6.58. The predicted octanol–water partition coefficient (Wildman–Crippen LogP) is 1.96. The van der Waals surface area contributed by atoms with Crippen molar-refractivity contribution in [1.82, 2.24) is 15.5 Å². The monoisotopic (exact) mass is 266 g/mol. The molecule has 8 heteroatoms. The van der Waals surface area contributed by atoms with Crippen molar-refractivity contribution in [3.05, 3.63) is 5.89 Å². The van der Waals surface area contributed by atoms with Gasteiger partial charge in [0.15, 0.2) is 0 Å². The van der Waals surface area contributed by atoms with Crippen molar-refractivity contribution in [2.75, 3.05) is 24.5 Å². The van der Waals surface area contributed by atoms with E-state index in [-0.39, 0.29) is 12.6 Å². The molecule has 1 aromatic rings. The lowest BCUT2D eigenvalue weighted by atomic mass is 10.5. The third-order valence-corrected chi connectivity index (χ3v) is 2.18. The molecule has 0 aliphatic heterocycles. The fourth-order valence-electron chi connectivity index (χ4n) is 1.35. The smallest absolute Gasteiger partial charge is 0.406 e. The highest BCUT2D eigenvalue weighted by atomic mass is 19.4. The summed E-state index contributed by atoms with van der Waals surface area (Å²) >= 11 is 0. The lowest BCUT2D eigenvalue weighted by Gasteiger charge is -2.19. The SMILES string of the molecule is CCCNCc1nnc(N(CC)CC(F)(F)F)o1. The molecular weight excluding hydrogens is 249 g/mol. The molecule has 1 aromatic heterocycles. The average molecular weight is 266 g/mol. The maximum Gasteiger partial charge on any atom is 0.406 e. The predicted molar refractivity (Wildman–Crippen MR) is 60.2 cm³/mol. The maximum atomic E-state index is 12.3. The summed E-state index contributed by atoms with van der Waals surface area (Å²) in [4.78, 5) is 0.996. The Bertz CT molecular complexity index is 353. The van der Waals surface area contributed by atoms with Gasteiger partial charge < -0.3 is 14.6 Å². The first kappa shape index (κ1) is 14.7. The van der Waals surface area contributed by atoms with Gasteiger partial charge in [0.1, 0.15) is 6.54 Å². The number of alkyl halides is 3. The molecular formula is C10H17F3N4O. The molecule has 0 amide bonds. The van der Waals surface area contributed by atoms with Gasteiger partial charge in [0.05, 0.1) is 6.54 Å². The van der Waals surface area contributed by atoms with Gasteiger partial charge in [-0.05, 0) is 19.9 Å². The minimum absolute atomic E-state index is 0.0943. The molecule has 1 N–H and O–H groups in total. The van der Waals surface area contributed by atoms with Gasteiger partial charge in [-0.15, -0.1) is 5.10 Å². The van der Waals surface area contributed by atoms with Gasteiger partial charge in [-0.3, -0.25) is 0 Å². The third kappa shape index (κ3) is 4.91. The highest BCUT2D eigenvalue weighted by Gasteiger charge is 2.32. The summed E-state index contributed by atoms with van der Waals surface area (Å²) in [7, 11) is 0. The highest BCUT2D eigenvalue weighted by molar-refractivity contribution is 5.23. The molecule has 0 aliphatic rings. The Kier molecular flexibility index (Phi) is 5.39. The molecule has 0 aromatic carbocycles. The Hall–Kier alpha value is -1.31. The molecule has 0 aliphatic carbocycles. The van der Waals surface area contributed by atoms with Crippen LogP contribution in [-0.2, 0) is 6.54 Å². The van der Waals surface area contributed by atoms with Crippen molar-refractivity contribution in [2.45, 2.75) is 33.0 Å². The first-order valence-corrected chi connectivity index (χ1v) is 5.81. The molecule has 18 heavy (non-hydrogen) atoms. The number of aromatic nitrogens is 2. The third-order valence-electron chi connectivity index (χ3n) is 2.18. The fraction of sp³-hybridized carbons (Fsp3) is 0.800. The molecule has 0 saturated heterocycles. The van der Waals surface area contributed by atoms with Crippen LogP contribution in [0.3, 0.4) is 0 Å². The van der Waals surface area contributed by atoms with Gasteiger partial charge in [0.2, 0.25) is 5.89 Å². The van der Waals surface area contributed by atoms with E-state index in [9.17, 15) is 13.2 Å². The van der Waals surface area contributed by atoms with Crippen LogP contribution >= 0.6 is 0 Å². The number of hydrogen-bond acceptors (Lipinski definition) is 5. The van der Waals surface area contributed by atoms with Gasteiger partial charge in [-0.2, -0.15) is 13.2 Å². The Balaban J connectivity index is 2.59. The topological polar surface area (TPSA) is 54.2 Å². The average Bonchev–Trinajstić information content (AvgIpc) is 2.74. The van der Waals surface area contributed by atoms with E-state index in [0.29, 0.717) is 12.4 Å². The van der Waals surface area contributed by atoms with E-state index < -0.39 is 12.7 Å². The van der Waals surface area contributed by atoms with Gasteiger partial charge in [-0.1, -0.05) is 12.0 Å². The fourth-order valence-corrected chi connectivity index (χ4v) is 1.35. The van der Waals surface area contributed by atoms with Crippen molar-refractivity contribution >= 4 is 6.01 Å². The van der Waals surface area contributed by atoms with E-state index in [1.165, 1.54) is 0 Å². The van der Waals surface area contributed by atoms with Crippen LogP contribution in [0.4, 0.5) is 19.2 Å². The molecule has 0 spiro atoms. The Morgan fingerprint density at radius 1 is 1.28 bits per heavy atom. The summed E-state index contributed by atoms with van der Waals surface area (Å²) in [6.45, 7) is 3.83. The molecule has 0 bridgehead atoms. The van der Waals surface area contributed by atoms with Crippen LogP contribution in [0.5, 0.6) is 0 Å². The first-order chi connectivity index (χ1) is 8.46. The molecule has 0 atom stereocenters. The van der Waals surface area contributed by atoms with Crippen LogP contribution < -0.4 is 10.2 Å². The molecule has 5 nitrogen and oxygen atoms in total. The Morgan fingerprint density at radius 2 is 2.00 bits per heavy atom. The van der Waals surface area contributed by atoms with Crippen molar-refractivity contribution in [2.24, 2.45) is 0 Å². The zero-order valence-electron chi connectivity index (χ0n) is 10.4. The van der Waals surface area contributed by atoms with Gasteiger partial charge in [-0.25, -0.2) is 0 Å². The summed E-state index contributed by atoms with van der Waals surface area (Å²) in [5, 5.41) is 10.4. The van der Waals surface area contributed by atoms with E-state index in [1.807, 2.05) is 6.92 Å². The summed E-state index contributed by atoms with van der Waals surface area (Å²) in [6, 6.07) is -0.0943.